The highest BCUT2D eigenvalue weighted by molar-refractivity contribution is 14.0. The van der Waals surface area contributed by atoms with Crippen LogP contribution >= 0.6 is 35.3 Å². The van der Waals surface area contributed by atoms with E-state index in [0.717, 1.165) is 23.8 Å². The van der Waals surface area contributed by atoms with Gasteiger partial charge in [0.25, 0.3) is 0 Å². The molecule has 0 aliphatic carbocycles. The summed E-state index contributed by atoms with van der Waals surface area (Å²) in [5.74, 6) is 1.64. The van der Waals surface area contributed by atoms with Crippen molar-refractivity contribution in [3.63, 3.8) is 0 Å². The summed E-state index contributed by atoms with van der Waals surface area (Å²) in [5.41, 5.74) is 2.39. The average Bonchev–Trinajstić information content (AvgIpc) is 2.99. The first-order chi connectivity index (χ1) is 11.2. The minimum atomic E-state index is 0. The SMILES string of the molecule is C=CCOc1ccccc1CNC(=NC)NCc1sccc1C.I. The van der Waals surface area contributed by atoms with Crippen LogP contribution in [0.2, 0.25) is 0 Å². The Morgan fingerprint density at radius 3 is 2.67 bits per heavy atom. The van der Waals surface area contributed by atoms with Crippen molar-refractivity contribution in [1.29, 1.82) is 0 Å². The highest BCUT2D eigenvalue weighted by Crippen LogP contribution is 2.18. The number of ether oxygens (including phenoxy) is 1. The second kappa shape index (κ2) is 11.1. The van der Waals surface area contributed by atoms with Gasteiger partial charge in [0.1, 0.15) is 12.4 Å². The zero-order valence-corrected chi connectivity index (χ0v) is 17.2. The Hall–Kier alpha value is -1.54. The Kier molecular flexibility index (Phi) is 9.48. The number of benzene rings is 1. The molecule has 24 heavy (non-hydrogen) atoms. The third-order valence-electron chi connectivity index (χ3n) is 3.38. The summed E-state index contributed by atoms with van der Waals surface area (Å²) in [7, 11) is 1.77. The quantitative estimate of drug-likeness (QED) is 0.285. The number of aliphatic imine (C=N–C) groups is 1. The number of nitrogens with one attached hydrogen (secondary N) is 2. The molecule has 4 nitrogen and oxygen atoms in total. The van der Waals surface area contributed by atoms with Gasteiger partial charge in [-0.25, -0.2) is 0 Å². The molecule has 0 radical (unpaired) electrons. The normalized spacial score (nSPS) is 10.7. The molecular formula is C18H24IN3OS. The minimum Gasteiger partial charge on any atom is -0.489 e. The Morgan fingerprint density at radius 2 is 2.00 bits per heavy atom. The topological polar surface area (TPSA) is 45.6 Å². The lowest BCUT2D eigenvalue weighted by molar-refractivity contribution is 0.358. The van der Waals surface area contributed by atoms with Gasteiger partial charge < -0.3 is 15.4 Å². The molecule has 2 rings (SSSR count). The number of nitrogens with zero attached hydrogens (tertiary/aromatic N) is 1. The number of rotatable bonds is 7. The molecule has 0 saturated heterocycles. The van der Waals surface area contributed by atoms with Crippen molar-refractivity contribution in [3.05, 3.63) is 64.4 Å². The van der Waals surface area contributed by atoms with E-state index in [2.05, 4.69) is 40.6 Å². The summed E-state index contributed by atoms with van der Waals surface area (Å²) >= 11 is 1.75. The van der Waals surface area contributed by atoms with E-state index in [1.165, 1.54) is 10.4 Å². The summed E-state index contributed by atoms with van der Waals surface area (Å²) in [4.78, 5) is 5.59. The molecule has 0 fully saturated rings. The lowest BCUT2D eigenvalue weighted by atomic mass is 10.2. The van der Waals surface area contributed by atoms with Crippen molar-refractivity contribution < 1.29 is 4.74 Å². The molecular weight excluding hydrogens is 433 g/mol. The Morgan fingerprint density at radius 1 is 1.25 bits per heavy atom. The van der Waals surface area contributed by atoms with Crippen LogP contribution in [0.5, 0.6) is 5.75 Å². The van der Waals surface area contributed by atoms with Crippen molar-refractivity contribution in [2.75, 3.05) is 13.7 Å². The molecule has 0 atom stereocenters. The molecule has 0 aliphatic heterocycles. The lowest BCUT2D eigenvalue weighted by Gasteiger charge is -2.14. The fourth-order valence-electron chi connectivity index (χ4n) is 2.09. The van der Waals surface area contributed by atoms with Crippen LogP contribution in [0.25, 0.3) is 0 Å². The van der Waals surface area contributed by atoms with Gasteiger partial charge in [-0.3, -0.25) is 4.99 Å². The molecule has 1 aromatic heterocycles. The van der Waals surface area contributed by atoms with Gasteiger partial charge in [-0.2, -0.15) is 0 Å². The molecule has 0 amide bonds. The predicted octanol–water partition coefficient (Wildman–Crippen LogP) is 4.10. The molecule has 0 bridgehead atoms. The van der Waals surface area contributed by atoms with Crippen molar-refractivity contribution in [1.82, 2.24) is 10.6 Å². The van der Waals surface area contributed by atoms with Crippen LogP contribution in [-0.2, 0) is 13.1 Å². The number of hydrogen-bond acceptors (Lipinski definition) is 3. The number of para-hydroxylation sites is 1. The third-order valence-corrected chi connectivity index (χ3v) is 4.41. The van der Waals surface area contributed by atoms with Crippen LogP contribution in [0.1, 0.15) is 16.0 Å². The van der Waals surface area contributed by atoms with Gasteiger partial charge in [0, 0.05) is 24.0 Å². The fourth-order valence-corrected chi connectivity index (χ4v) is 2.93. The minimum absolute atomic E-state index is 0. The van der Waals surface area contributed by atoms with Crippen LogP contribution in [0.15, 0.2) is 53.4 Å². The van der Waals surface area contributed by atoms with E-state index in [-0.39, 0.29) is 24.0 Å². The van der Waals surface area contributed by atoms with Gasteiger partial charge >= 0.3 is 0 Å². The van der Waals surface area contributed by atoms with E-state index < -0.39 is 0 Å². The summed E-state index contributed by atoms with van der Waals surface area (Å²) in [5, 5.41) is 8.77. The van der Waals surface area contributed by atoms with Gasteiger partial charge in [0.05, 0.1) is 6.54 Å². The maximum atomic E-state index is 5.67. The standard InChI is InChI=1S/C18H23N3OS.HI/c1-4-10-22-16-8-6-5-7-15(16)12-20-18(19-3)21-13-17-14(2)9-11-23-17;/h4-9,11H,1,10,12-13H2,2-3H3,(H2,19,20,21);1H. The van der Waals surface area contributed by atoms with Crippen LogP contribution in [-0.4, -0.2) is 19.6 Å². The van der Waals surface area contributed by atoms with Gasteiger partial charge in [-0.05, 0) is 30.0 Å². The second-order valence-corrected chi connectivity index (χ2v) is 6.01. The number of aryl methyl sites for hydroxylation is 1. The zero-order valence-electron chi connectivity index (χ0n) is 14.0. The van der Waals surface area contributed by atoms with Crippen LogP contribution in [0, 0.1) is 6.92 Å². The van der Waals surface area contributed by atoms with Gasteiger partial charge in [-0.1, -0.05) is 30.9 Å². The van der Waals surface area contributed by atoms with E-state index >= 15 is 0 Å². The number of halogens is 1. The van der Waals surface area contributed by atoms with Crippen molar-refractivity contribution in [2.24, 2.45) is 4.99 Å². The van der Waals surface area contributed by atoms with E-state index in [4.69, 9.17) is 4.74 Å². The van der Waals surface area contributed by atoms with E-state index in [1.807, 2.05) is 24.3 Å². The molecule has 6 heteroatoms. The summed E-state index contributed by atoms with van der Waals surface area (Å²) in [6.07, 6.45) is 1.74. The maximum absolute atomic E-state index is 5.67. The molecule has 0 aliphatic rings. The first-order valence-corrected chi connectivity index (χ1v) is 8.41. The maximum Gasteiger partial charge on any atom is 0.191 e. The first kappa shape index (κ1) is 20.5. The van der Waals surface area contributed by atoms with Crippen LogP contribution in [0.3, 0.4) is 0 Å². The fraction of sp³-hybridized carbons (Fsp3) is 0.278. The number of guanidine groups is 1. The lowest BCUT2D eigenvalue weighted by Crippen LogP contribution is -2.36. The molecule has 0 spiro atoms. The summed E-state index contributed by atoms with van der Waals surface area (Å²) in [6.45, 7) is 7.73. The molecule has 1 heterocycles. The highest BCUT2D eigenvalue weighted by atomic mass is 127. The molecule has 0 unspecified atom stereocenters. The first-order valence-electron chi connectivity index (χ1n) is 7.53. The Labute approximate surface area is 165 Å². The van der Waals surface area contributed by atoms with Crippen molar-refractivity contribution >= 4 is 41.3 Å². The van der Waals surface area contributed by atoms with E-state index in [9.17, 15) is 0 Å². The Balaban J connectivity index is 0.00000288. The largest absolute Gasteiger partial charge is 0.489 e. The monoisotopic (exact) mass is 457 g/mol. The van der Waals surface area contributed by atoms with Gasteiger partial charge in [-0.15, -0.1) is 35.3 Å². The molecule has 130 valence electrons. The highest BCUT2D eigenvalue weighted by Gasteiger charge is 2.05. The van der Waals surface area contributed by atoms with E-state index in [1.54, 1.807) is 24.5 Å². The molecule has 0 saturated carbocycles. The third kappa shape index (κ3) is 6.16. The molecule has 2 aromatic rings. The summed E-state index contributed by atoms with van der Waals surface area (Å²) in [6, 6.07) is 10.1. The van der Waals surface area contributed by atoms with Crippen LogP contribution < -0.4 is 15.4 Å². The van der Waals surface area contributed by atoms with E-state index in [0.29, 0.717) is 13.2 Å². The molecule has 2 N–H and O–H groups in total. The Bertz CT molecular complexity index is 670. The summed E-state index contributed by atoms with van der Waals surface area (Å²) < 4.78 is 5.67. The smallest absolute Gasteiger partial charge is 0.191 e. The van der Waals surface area contributed by atoms with Gasteiger partial charge in [0.2, 0.25) is 0 Å². The average molecular weight is 457 g/mol. The van der Waals surface area contributed by atoms with Gasteiger partial charge in [0.15, 0.2) is 5.96 Å². The number of thiophene rings is 1. The molecule has 1 aromatic carbocycles. The predicted molar refractivity (Wildman–Crippen MR) is 114 cm³/mol. The zero-order chi connectivity index (χ0) is 16.5. The van der Waals surface area contributed by atoms with Crippen LogP contribution in [0.4, 0.5) is 0 Å². The second-order valence-electron chi connectivity index (χ2n) is 5.01. The van der Waals surface area contributed by atoms with Crippen molar-refractivity contribution in [3.8, 4) is 5.75 Å². The van der Waals surface area contributed by atoms with Crippen molar-refractivity contribution in [2.45, 2.75) is 20.0 Å². The number of hydrogen-bond donors (Lipinski definition) is 2.